The van der Waals surface area contributed by atoms with E-state index in [0.29, 0.717) is 0 Å². The average molecular weight is 447 g/mol. The fourth-order valence-electron chi connectivity index (χ4n) is 4.07. The van der Waals surface area contributed by atoms with Crippen molar-refractivity contribution >= 4 is 11.3 Å². The molecule has 1 aliphatic heterocycles. The molecule has 0 saturated carbocycles. The summed E-state index contributed by atoms with van der Waals surface area (Å²) in [5, 5.41) is 6.07. The molecule has 164 valence electrons. The number of aromatic nitrogens is 3. The molecule has 32 heavy (non-hydrogen) atoms. The first-order valence-corrected chi connectivity index (χ1v) is 11.5. The van der Waals surface area contributed by atoms with Crippen molar-refractivity contribution in [2.24, 2.45) is 0 Å². The zero-order valence-electron chi connectivity index (χ0n) is 18.7. The summed E-state index contributed by atoms with van der Waals surface area (Å²) in [6.45, 7) is 7.43. The van der Waals surface area contributed by atoms with Crippen molar-refractivity contribution in [1.82, 2.24) is 19.7 Å². The van der Waals surface area contributed by atoms with Crippen molar-refractivity contribution in [3.63, 3.8) is 0 Å². The van der Waals surface area contributed by atoms with Crippen molar-refractivity contribution < 1.29 is 9.47 Å². The van der Waals surface area contributed by atoms with Crippen LogP contribution >= 0.6 is 11.3 Å². The SMILES string of the molecule is Cc1nc(C(C)N(C)Cc2cn(-c3ccccc3)nc2-c2ccc3c(c2)OCO3)c(C)s1. The molecule has 4 aromatic rings. The first-order valence-electron chi connectivity index (χ1n) is 10.7. The predicted molar refractivity (Wildman–Crippen MR) is 127 cm³/mol. The summed E-state index contributed by atoms with van der Waals surface area (Å²) in [4.78, 5) is 8.37. The van der Waals surface area contributed by atoms with Crippen molar-refractivity contribution in [2.45, 2.75) is 33.4 Å². The second-order valence-electron chi connectivity index (χ2n) is 8.12. The van der Waals surface area contributed by atoms with Gasteiger partial charge in [-0.25, -0.2) is 9.67 Å². The quantitative estimate of drug-likeness (QED) is 0.390. The average Bonchev–Trinajstić information content (AvgIpc) is 3.51. The van der Waals surface area contributed by atoms with E-state index in [1.165, 1.54) is 4.88 Å². The van der Waals surface area contributed by atoms with Gasteiger partial charge in [-0.05, 0) is 58.2 Å². The third-order valence-electron chi connectivity index (χ3n) is 5.87. The molecule has 0 spiro atoms. The van der Waals surface area contributed by atoms with Crippen LogP contribution in [0.1, 0.15) is 34.1 Å². The van der Waals surface area contributed by atoms with Gasteiger partial charge in [-0.15, -0.1) is 11.3 Å². The zero-order chi connectivity index (χ0) is 22.2. The Morgan fingerprint density at radius 3 is 2.62 bits per heavy atom. The van der Waals surface area contributed by atoms with Crippen LogP contribution in [0.3, 0.4) is 0 Å². The topological polar surface area (TPSA) is 52.4 Å². The molecule has 0 radical (unpaired) electrons. The third kappa shape index (κ3) is 3.89. The van der Waals surface area contributed by atoms with E-state index in [-0.39, 0.29) is 12.8 Å². The molecule has 1 aliphatic rings. The van der Waals surface area contributed by atoms with Gasteiger partial charge in [0.15, 0.2) is 11.5 Å². The molecule has 0 aliphatic carbocycles. The van der Waals surface area contributed by atoms with Gasteiger partial charge in [0.1, 0.15) is 0 Å². The van der Waals surface area contributed by atoms with Gasteiger partial charge >= 0.3 is 0 Å². The first-order chi connectivity index (χ1) is 15.5. The molecule has 2 aromatic carbocycles. The molecular formula is C25H26N4O2S. The number of benzene rings is 2. The highest BCUT2D eigenvalue weighted by Gasteiger charge is 2.22. The molecule has 2 aromatic heterocycles. The maximum atomic E-state index is 5.61. The Labute approximate surface area is 192 Å². The second kappa shape index (κ2) is 8.41. The van der Waals surface area contributed by atoms with Gasteiger partial charge in [-0.3, -0.25) is 4.90 Å². The van der Waals surface area contributed by atoms with Gasteiger partial charge in [-0.1, -0.05) is 18.2 Å². The van der Waals surface area contributed by atoms with E-state index in [0.717, 1.165) is 51.3 Å². The van der Waals surface area contributed by atoms with Crippen LogP contribution in [0.5, 0.6) is 11.5 Å². The van der Waals surface area contributed by atoms with Gasteiger partial charge in [0.25, 0.3) is 0 Å². The first kappa shape index (κ1) is 20.7. The maximum absolute atomic E-state index is 5.61. The normalized spacial score (nSPS) is 13.7. The fraction of sp³-hybridized carbons (Fsp3) is 0.280. The van der Waals surface area contributed by atoms with E-state index < -0.39 is 0 Å². The molecule has 0 N–H and O–H groups in total. The van der Waals surface area contributed by atoms with Crippen LogP contribution in [0, 0.1) is 13.8 Å². The highest BCUT2D eigenvalue weighted by atomic mass is 32.1. The van der Waals surface area contributed by atoms with Crippen LogP contribution in [0.25, 0.3) is 16.9 Å². The number of aryl methyl sites for hydroxylation is 2. The zero-order valence-corrected chi connectivity index (χ0v) is 19.5. The number of fused-ring (bicyclic) bond motifs is 1. The number of para-hydroxylation sites is 1. The van der Waals surface area contributed by atoms with E-state index in [1.807, 2.05) is 41.1 Å². The standard InChI is InChI=1S/C25H26N4O2S/c1-16(24-17(2)32-18(3)26-24)28(4)13-20-14-29(21-8-6-5-7-9-21)27-25(20)19-10-11-22-23(12-19)31-15-30-22/h5-12,14,16H,13,15H2,1-4H3. The molecule has 0 bridgehead atoms. The lowest BCUT2D eigenvalue weighted by atomic mass is 10.1. The summed E-state index contributed by atoms with van der Waals surface area (Å²) in [5.41, 5.74) is 5.28. The van der Waals surface area contributed by atoms with Gasteiger partial charge in [0, 0.05) is 28.7 Å². The summed E-state index contributed by atoms with van der Waals surface area (Å²) in [5.74, 6) is 1.54. The molecule has 0 saturated heterocycles. The molecule has 3 heterocycles. The highest BCUT2D eigenvalue weighted by Crippen LogP contribution is 2.37. The number of ether oxygens (including phenoxy) is 2. The highest BCUT2D eigenvalue weighted by molar-refractivity contribution is 7.11. The van der Waals surface area contributed by atoms with Crippen molar-refractivity contribution in [3.8, 4) is 28.4 Å². The Bertz CT molecular complexity index is 1250. The van der Waals surface area contributed by atoms with Crippen molar-refractivity contribution in [2.75, 3.05) is 13.8 Å². The van der Waals surface area contributed by atoms with E-state index in [2.05, 4.69) is 51.0 Å². The van der Waals surface area contributed by atoms with E-state index in [4.69, 9.17) is 19.6 Å². The third-order valence-corrected chi connectivity index (χ3v) is 6.77. The van der Waals surface area contributed by atoms with Crippen LogP contribution < -0.4 is 9.47 Å². The summed E-state index contributed by atoms with van der Waals surface area (Å²) >= 11 is 1.75. The Morgan fingerprint density at radius 2 is 1.88 bits per heavy atom. The number of thiazole rings is 1. The summed E-state index contributed by atoms with van der Waals surface area (Å²) in [7, 11) is 2.14. The number of hydrogen-bond donors (Lipinski definition) is 0. The maximum Gasteiger partial charge on any atom is 0.231 e. The lowest BCUT2D eigenvalue weighted by Gasteiger charge is -2.24. The van der Waals surface area contributed by atoms with Crippen LogP contribution in [-0.2, 0) is 6.54 Å². The fourth-order valence-corrected chi connectivity index (χ4v) is 4.98. The monoisotopic (exact) mass is 446 g/mol. The number of rotatable bonds is 6. The Morgan fingerprint density at radius 1 is 1.09 bits per heavy atom. The second-order valence-corrected chi connectivity index (χ2v) is 9.52. The molecule has 1 unspecified atom stereocenters. The Hall–Kier alpha value is -3.16. The van der Waals surface area contributed by atoms with Gasteiger partial charge in [0.05, 0.1) is 28.1 Å². The summed E-state index contributed by atoms with van der Waals surface area (Å²) in [6, 6.07) is 16.4. The van der Waals surface area contributed by atoms with Crippen molar-refractivity contribution in [1.29, 1.82) is 0 Å². The Kier molecular flexibility index (Phi) is 5.45. The molecular weight excluding hydrogens is 420 g/mol. The molecule has 5 rings (SSSR count). The lowest BCUT2D eigenvalue weighted by molar-refractivity contribution is 0.174. The largest absolute Gasteiger partial charge is 0.454 e. The molecule has 0 fully saturated rings. The smallest absolute Gasteiger partial charge is 0.231 e. The number of nitrogens with zero attached hydrogens (tertiary/aromatic N) is 4. The molecule has 7 heteroatoms. The van der Waals surface area contributed by atoms with Crippen LogP contribution in [0.4, 0.5) is 0 Å². The molecule has 6 nitrogen and oxygen atoms in total. The van der Waals surface area contributed by atoms with Crippen LogP contribution in [0.15, 0.2) is 54.7 Å². The van der Waals surface area contributed by atoms with E-state index in [1.54, 1.807) is 11.3 Å². The van der Waals surface area contributed by atoms with E-state index in [9.17, 15) is 0 Å². The lowest BCUT2D eigenvalue weighted by Crippen LogP contribution is -2.23. The number of hydrogen-bond acceptors (Lipinski definition) is 6. The van der Waals surface area contributed by atoms with Gasteiger partial charge in [0.2, 0.25) is 6.79 Å². The summed E-state index contributed by atoms with van der Waals surface area (Å²) < 4.78 is 13.1. The van der Waals surface area contributed by atoms with Gasteiger partial charge in [-0.2, -0.15) is 5.10 Å². The summed E-state index contributed by atoms with van der Waals surface area (Å²) in [6.07, 6.45) is 2.12. The van der Waals surface area contributed by atoms with Crippen LogP contribution in [0.2, 0.25) is 0 Å². The minimum Gasteiger partial charge on any atom is -0.454 e. The minimum absolute atomic E-state index is 0.199. The predicted octanol–water partition coefficient (Wildman–Crippen LogP) is 5.53. The van der Waals surface area contributed by atoms with Crippen LogP contribution in [-0.4, -0.2) is 33.5 Å². The minimum atomic E-state index is 0.199. The van der Waals surface area contributed by atoms with E-state index >= 15 is 0 Å². The Balaban J connectivity index is 1.51. The molecule has 0 amide bonds. The van der Waals surface area contributed by atoms with Crippen molar-refractivity contribution in [3.05, 3.63) is 75.9 Å². The van der Waals surface area contributed by atoms with Gasteiger partial charge < -0.3 is 9.47 Å². The molecule has 1 atom stereocenters.